The van der Waals surface area contributed by atoms with Crippen LogP contribution in [0.1, 0.15) is 28.2 Å². The van der Waals surface area contributed by atoms with Crippen LogP contribution in [-0.2, 0) is 21.9 Å². The van der Waals surface area contributed by atoms with Crippen LogP contribution in [0.25, 0.3) is 10.9 Å². The number of nitrogens with one attached hydrogen (secondary N) is 1. The molecule has 10 heteroatoms. The maximum absolute atomic E-state index is 13.2. The number of rotatable bonds is 4. The summed E-state index contributed by atoms with van der Waals surface area (Å²) in [5.74, 6) is -1.20. The van der Waals surface area contributed by atoms with Gasteiger partial charge in [-0.2, -0.15) is 9.40 Å². The molecule has 1 amide bonds. The second-order valence-corrected chi connectivity index (χ2v) is 9.63. The van der Waals surface area contributed by atoms with Gasteiger partial charge in [-0.1, -0.05) is 18.2 Å². The topological polar surface area (TPSA) is 108 Å². The minimum Gasteiger partial charge on any atom is -0.360 e. The molecule has 31 heavy (non-hydrogen) atoms. The average Bonchev–Trinajstić information content (AvgIpc) is 3.15. The van der Waals surface area contributed by atoms with Crippen molar-refractivity contribution in [1.29, 1.82) is 0 Å². The van der Waals surface area contributed by atoms with E-state index in [0.717, 1.165) is 5.52 Å². The van der Waals surface area contributed by atoms with Crippen LogP contribution in [0.4, 0.5) is 0 Å². The number of hydrogen-bond donors (Lipinski definition) is 1. The third kappa shape index (κ3) is 3.66. The van der Waals surface area contributed by atoms with Crippen LogP contribution < -0.4 is 0 Å². The Morgan fingerprint density at radius 2 is 1.81 bits per heavy atom. The summed E-state index contributed by atoms with van der Waals surface area (Å²) in [6.07, 6.45) is 2.00. The van der Waals surface area contributed by atoms with Crippen molar-refractivity contribution in [2.24, 2.45) is 7.05 Å². The molecule has 1 aliphatic heterocycles. The standard InChI is InChI=1S/C21H25N5O4S/c1-14-20(15(2)24(3)23-14)31(29,30)26-10-6-9-25(11-12-26)21(28)19(27)17-13-22-18-8-5-4-7-16(17)18/h4-5,7-8,13,22H,6,9-12H2,1-3H3. The second kappa shape index (κ2) is 7.93. The van der Waals surface area contributed by atoms with E-state index in [1.54, 1.807) is 37.8 Å². The van der Waals surface area contributed by atoms with Gasteiger partial charge in [0.05, 0.1) is 17.0 Å². The number of H-pyrrole nitrogens is 1. The zero-order chi connectivity index (χ0) is 22.3. The minimum absolute atomic E-state index is 0.128. The van der Waals surface area contributed by atoms with Gasteiger partial charge >= 0.3 is 0 Å². The van der Waals surface area contributed by atoms with Crippen LogP contribution in [0.5, 0.6) is 0 Å². The van der Waals surface area contributed by atoms with Crippen molar-refractivity contribution in [1.82, 2.24) is 24.0 Å². The van der Waals surface area contributed by atoms with E-state index in [4.69, 9.17) is 0 Å². The summed E-state index contributed by atoms with van der Waals surface area (Å²) >= 11 is 0. The monoisotopic (exact) mass is 443 g/mol. The number of ketones is 1. The number of nitrogens with zero attached hydrogens (tertiary/aromatic N) is 4. The molecule has 0 atom stereocenters. The number of carbonyl (C=O) groups excluding carboxylic acids is 2. The molecule has 3 aromatic rings. The molecule has 0 radical (unpaired) electrons. The highest BCUT2D eigenvalue weighted by molar-refractivity contribution is 7.89. The van der Waals surface area contributed by atoms with E-state index < -0.39 is 21.7 Å². The number of carbonyl (C=O) groups is 2. The zero-order valence-electron chi connectivity index (χ0n) is 17.8. The first-order valence-electron chi connectivity index (χ1n) is 10.1. The Morgan fingerprint density at radius 1 is 1.06 bits per heavy atom. The van der Waals surface area contributed by atoms with E-state index in [1.807, 2.05) is 18.2 Å². The molecule has 0 saturated carbocycles. The lowest BCUT2D eigenvalue weighted by molar-refractivity contribution is -0.126. The Kier molecular flexibility index (Phi) is 5.44. The van der Waals surface area contributed by atoms with Crippen LogP contribution >= 0.6 is 0 Å². The Hall–Kier alpha value is -2.98. The van der Waals surface area contributed by atoms with Crippen LogP contribution in [0.15, 0.2) is 35.4 Å². The number of aryl methyl sites for hydroxylation is 2. The SMILES string of the molecule is Cc1nn(C)c(C)c1S(=O)(=O)N1CCCN(C(=O)C(=O)c2c[nH]c3ccccc23)CC1. The molecule has 1 aromatic carbocycles. The van der Waals surface area contributed by atoms with Crippen LogP contribution in [0, 0.1) is 13.8 Å². The summed E-state index contributed by atoms with van der Waals surface area (Å²) in [4.78, 5) is 30.5. The number of fused-ring (bicyclic) bond motifs is 1. The molecule has 0 unspecified atom stereocenters. The van der Waals surface area contributed by atoms with Gasteiger partial charge in [0.15, 0.2) is 0 Å². The fourth-order valence-electron chi connectivity index (χ4n) is 4.11. The minimum atomic E-state index is -3.75. The van der Waals surface area contributed by atoms with Crippen molar-refractivity contribution in [2.45, 2.75) is 25.2 Å². The van der Waals surface area contributed by atoms with Crippen molar-refractivity contribution < 1.29 is 18.0 Å². The third-order valence-corrected chi connectivity index (χ3v) is 7.96. The van der Waals surface area contributed by atoms with Gasteiger partial charge in [-0.05, 0) is 26.3 Å². The van der Waals surface area contributed by atoms with Gasteiger partial charge in [0.1, 0.15) is 4.90 Å². The predicted molar refractivity (Wildman–Crippen MR) is 115 cm³/mol. The van der Waals surface area contributed by atoms with Crippen LogP contribution in [-0.4, -0.2) is 70.3 Å². The van der Waals surface area contributed by atoms with Gasteiger partial charge < -0.3 is 9.88 Å². The molecule has 9 nitrogen and oxygen atoms in total. The van der Waals surface area contributed by atoms with E-state index in [1.165, 1.54) is 9.21 Å². The lowest BCUT2D eigenvalue weighted by Crippen LogP contribution is -2.40. The normalized spacial score (nSPS) is 15.9. The quantitative estimate of drug-likeness (QED) is 0.487. The first-order chi connectivity index (χ1) is 14.7. The Labute approximate surface area is 180 Å². The highest BCUT2D eigenvalue weighted by Gasteiger charge is 2.34. The number of sulfonamides is 1. The number of para-hydroxylation sites is 1. The van der Waals surface area contributed by atoms with Crippen molar-refractivity contribution >= 4 is 32.6 Å². The van der Waals surface area contributed by atoms with Crippen LogP contribution in [0.3, 0.4) is 0 Å². The number of aromatic amines is 1. The number of benzene rings is 1. The maximum atomic E-state index is 13.2. The highest BCUT2D eigenvalue weighted by Crippen LogP contribution is 2.24. The van der Waals surface area contributed by atoms with Crippen molar-refractivity contribution in [2.75, 3.05) is 26.2 Å². The first kappa shape index (κ1) is 21.3. The predicted octanol–water partition coefficient (Wildman–Crippen LogP) is 1.62. The van der Waals surface area contributed by atoms with E-state index >= 15 is 0 Å². The molecule has 4 rings (SSSR count). The fourth-order valence-corrected chi connectivity index (χ4v) is 5.98. The molecule has 1 fully saturated rings. The van der Waals surface area contributed by atoms with Gasteiger partial charge in [0, 0.05) is 50.3 Å². The second-order valence-electron chi connectivity index (χ2n) is 7.75. The summed E-state index contributed by atoms with van der Waals surface area (Å²) in [7, 11) is -2.04. The number of aromatic nitrogens is 3. The molecule has 0 spiro atoms. The fraction of sp³-hybridized carbons (Fsp3) is 0.381. The number of amides is 1. The summed E-state index contributed by atoms with van der Waals surface area (Å²) < 4.78 is 29.4. The van der Waals surface area contributed by atoms with Gasteiger partial charge in [-0.3, -0.25) is 14.3 Å². The maximum Gasteiger partial charge on any atom is 0.295 e. The van der Waals surface area contributed by atoms with E-state index in [9.17, 15) is 18.0 Å². The Balaban J connectivity index is 1.52. The van der Waals surface area contributed by atoms with Gasteiger partial charge in [-0.15, -0.1) is 0 Å². The molecule has 1 saturated heterocycles. The lowest BCUT2D eigenvalue weighted by Gasteiger charge is -2.21. The Bertz CT molecular complexity index is 1270. The molecular weight excluding hydrogens is 418 g/mol. The lowest BCUT2D eigenvalue weighted by atomic mass is 10.1. The third-order valence-electron chi connectivity index (χ3n) is 5.81. The molecule has 0 bridgehead atoms. The van der Waals surface area contributed by atoms with E-state index in [0.29, 0.717) is 35.3 Å². The largest absolute Gasteiger partial charge is 0.360 e. The van der Waals surface area contributed by atoms with E-state index in [-0.39, 0.29) is 24.5 Å². The number of Topliss-reactive ketones (excluding diaryl/α,β-unsaturated/α-hetero) is 1. The van der Waals surface area contributed by atoms with Crippen LogP contribution in [0.2, 0.25) is 0 Å². The highest BCUT2D eigenvalue weighted by atomic mass is 32.2. The molecule has 3 heterocycles. The number of hydrogen-bond acceptors (Lipinski definition) is 5. The van der Waals surface area contributed by atoms with Gasteiger partial charge in [0.25, 0.3) is 11.7 Å². The van der Waals surface area contributed by atoms with Crippen molar-refractivity contribution in [3.8, 4) is 0 Å². The summed E-state index contributed by atoms with van der Waals surface area (Å²) in [5.41, 5.74) is 2.14. The van der Waals surface area contributed by atoms with Crippen molar-refractivity contribution in [3.63, 3.8) is 0 Å². The first-order valence-corrected chi connectivity index (χ1v) is 11.6. The molecule has 2 aromatic heterocycles. The molecule has 0 aliphatic carbocycles. The van der Waals surface area contributed by atoms with E-state index in [2.05, 4.69) is 10.1 Å². The summed E-state index contributed by atoms with van der Waals surface area (Å²) in [6.45, 7) is 4.28. The average molecular weight is 444 g/mol. The molecular formula is C21H25N5O4S. The zero-order valence-corrected chi connectivity index (χ0v) is 18.6. The smallest absolute Gasteiger partial charge is 0.295 e. The van der Waals surface area contributed by atoms with Gasteiger partial charge in [-0.25, -0.2) is 8.42 Å². The molecule has 164 valence electrons. The summed E-state index contributed by atoms with van der Waals surface area (Å²) in [5, 5.41) is 4.91. The Morgan fingerprint density at radius 3 is 2.52 bits per heavy atom. The molecule has 1 aliphatic rings. The van der Waals surface area contributed by atoms with Gasteiger partial charge in [0.2, 0.25) is 10.0 Å². The van der Waals surface area contributed by atoms with Crippen molar-refractivity contribution in [3.05, 3.63) is 47.4 Å². The molecule has 1 N–H and O–H groups in total. The summed E-state index contributed by atoms with van der Waals surface area (Å²) in [6, 6.07) is 7.30.